The van der Waals surface area contributed by atoms with Gasteiger partial charge in [-0.15, -0.1) is 0 Å². The fourth-order valence-electron chi connectivity index (χ4n) is 2.30. The van der Waals surface area contributed by atoms with E-state index in [0.717, 1.165) is 22.2 Å². The molecule has 2 aromatic rings. The number of hydrogen-bond acceptors (Lipinski definition) is 3. The Labute approximate surface area is 124 Å². The molecular weight excluding hydrogens is 288 g/mol. The number of benzene rings is 1. The van der Waals surface area contributed by atoms with E-state index in [2.05, 4.69) is 10.3 Å². The average molecular weight is 308 g/mol. The molecule has 0 saturated heterocycles. The Morgan fingerprint density at radius 2 is 2.00 bits per heavy atom. The Balaban J connectivity index is 2.11. The first-order valence-corrected chi connectivity index (χ1v) is 8.89. The van der Waals surface area contributed by atoms with Crippen LogP contribution >= 0.6 is 0 Å². The lowest BCUT2D eigenvalue weighted by Crippen LogP contribution is -2.26. The largest absolute Gasteiger partial charge is 0.358 e. The summed E-state index contributed by atoms with van der Waals surface area (Å²) < 4.78 is 22.1. The zero-order chi connectivity index (χ0) is 15.6. The third-order valence-electron chi connectivity index (χ3n) is 3.57. The van der Waals surface area contributed by atoms with E-state index < -0.39 is 9.84 Å². The molecule has 2 rings (SSSR count). The monoisotopic (exact) mass is 308 g/mol. The summed E-state index contributed by atoms with van der Waals surface area (Å²) in [5, 5.41) is 3.81. The van der Waals surface area contributed by atoms with E-state index in [4.69, 9.17) is 0 Å². The SMILES string of the molecule is Cc1[nH]c2c(C(=O)NCCCS(C)(=O)=O)cccc2c1C. The highest BCUT2D eigenvalue weighted by atomic mass is 32.2. The van der Waals surface area contributed by atoms with E-state index in [1.165, 1.54) is 6.26 Å². The van der Waals surface area contributed by atoms with Crippen molar-refractivity contribution in [3.05, 3.63) is 35.0 Å². The van der Waals surface area contributed by atoms with Crippen LogP contribution < -0.4 is 5.32 Å². The number of fused-ring (bicyclic) bond motifs is 1. The highest BCUT2D eigenvalue weighted by Gasteiger charge is 2.13. The first-order valence-electron chi connectivity index (χ1n) is 6.83. The Bertz CT molecular complexity index is 776. The van der Waals surface area contributed by atoms with Gasteiger partial charge >= 0.3 is 0 Å². The Morgan fingerprint density at radius 3 is 2.67 bits per heavy atom. The average Bonchev–Trinajstić information content (AvgIpc) is 2.69. The van der Waals surface area contributed by atoms with Crippen LogP contribution in [-0.2, 0) is 9.84 Å². The fourth-order valence-corrected chi connectivity index (χ4v) is 2.97. The van der Waals surface area contributed by atoms with Gasteiger partial charge in [-0.25, -0.2) is 8.42 Å². The van der Waals surface area contributed by atoms with E-state index >= 15 is 0 Å². The lowest BCUT2D eigenvalue weighted by atomic mass is 10.1. The number of rotatable bonds is 5. The molecule has 2 N–H and O–H groups in total. The molecule has 0 radical (unpaired) electrons. The summed E-state index contributed by atoms with van der Waals surface area (Å²) in [4.78, 5) is 15.5. The number of nitrogens with one attached hydrogen (secondary N) is 2. The maximum absolute atomic E-state index is 12.2. The predicted octanol–water partition coefficient (Wildman–Crippen LogP) is 1.95. The number of sulfone groups is 1. The number of para-hydroxylation sites is 1. The normalized spacial score (nSPS) is 11.8. The Hall–Kier alpha value is -1.82. The zero-order valence-corrected chi connectivity index (χ0v) is 13.3. The number of amides is 1. The number of carbonyl (C=O) groups is 1. The first-order chi connectivity index (χ1) is 9.79. The number of aryl methyl sites for hydroxylation is 2. The van der Waals surface area contributed by atoms with Gasteiger partial charge in [-0.3, -0.25) is 4.79 Å². The molecule has 5 nitrogen and oxygen atoms in total. The topological polar surface area (TPSA) is 79.0 Å². The molecule has 0 aliphatic rings. The zero-order valence-electron chi connectivity index (χ0n) is 12.5. The minimum absolute atomic E-state index is 0.0815. The number of aromatic nitrogens is 1. The molecule has 0 atom stereocenters. The predicted molar refractivity (Wildman–Crippen MR) is 84.4 cm³/mol. The minimum Gasteiger partial charge on any atom is -0.358 e. The maximum Gasteiger partial charge on any atom is 0.253 e. The highest BCUT2D eigenvalue weighted by molar-refractivity contribution is 7.90. The summed E-state index contributed by atoms with van der Waals surface area (Å²) >= 11 is 0. The van der Waals surface area contributed by atoms with Crippen molar-refractivity contribution >= 4 is 26.6 Å². The van der Waals surface area contributed by atoms with Gasteiger partial charge in [0.15, 0.2) is 0 Å². The summed E-state index contributed by atoms with van der Waals surface area (Å²) in [6.45, 7) is 4.34. The molecular formula is C15H20N2O3S. The minimum atomic E-state index is -2.98. The molecule has 0 bridgehead atoms. The molecule has 0 aliphatic heterocycles. The van der Waals surface area contributed by atoms with Gasteiger partial charge in [-0.05, 0) is 31.9 Å². The number of hydrogen-bond donors (Lipinski definition) is 2. The summed E-state index contributed by atoms with van der Waals surface area (Å²) in [7, 11) is -2.98. The third kappa shape index (κ3) is 3.64. The van der Waals surface area contributed by atoms with Crippen LogP contribution in [0.3, 0.4) is 0 Å². The van der Waals surface area contributed by atoms with Crippen LogP contribution in [0.4, 0.5) is 0 Å². The first kappa shape index (κ1) is 15.6. The van der Waals surface area contributed by atoms with Crippen LogP contribution in [0.25, 0.3) is 10.9 Å². The Kier molecular flexibility index (Phi) is 4.37. The molecule has 1 amide bonds. The highest BCUT2D eigenvalue weighted by Crippen LogP contribution is 2.24. The lowest BCUT2D eigenvalue weighted by Gasteiger charge is -2.06. The smallest absolute Gasteiger partial charge is 0.253 e. The molecule has 0 unspecified atom stereocenters. The molecule has 0 saturated carbocycles. The van der Waals surface area contributed by atoms with Crippen LogP contribution in [0.15, 0.2) is 18.2 Å². The van der Waals surface area contributed by atoms with Gasteiger partial charge in [-0.1, -0.05) is 12.1 Å². The fraction of sp³-hybridized carbons (Fsp3) is 0.400. The van der Waals surface area contributed by atoms with Gasteiger partial charge in [0.1, 0.15) is 9.84 Å². The standard InChI is InChI=1S/C15H20N2O3S/c1-10-11(2)17-14-12(10)6-4-7-13(14)15(18)16-8-5-9-21(3,19)20/h4,6-7,17H,5,8-9H2,1-3H3,(H,16,18). The quantitative estimate of drug-likeness (QED) is 0.829. The van der Waals surface area contributed by atoms with E-state index in [0.29, 0.717) is 18.5 Å². The number of aromatic amines is 1. The van der Waals surface area contributed by atoms with Gasteiger partial charge in [0.05, 0.1) is 16.8 Å². The number of carbonyl (C=O) groups excluding carboxylic acids is 1. The van der Waals surface area contributed by atoms with Crippen LogP contribution in [0, 0.1) is 13.8 Å². The molecule has 0 spiro atoms. The maximum atomic E-state index is 12.2. The van der Waals surface area contributed by atoms with Gasteiger partial charge in [-0.2, -0.15) is 0 Å². The van der Waals surface area contributed by atoms with Crippen molar-refractivity contribution in [2.75, 3.05) is 18.6 Å². The van der Waals surface area contributed by atoms with Crippen molar-refractivity contribution in [3.8, 4) is 0 Å². The lowest BCUT2D eigenvalue weighted by molar-refractivity contribution is 0.0955. The summed E-state index contributed by atoms with van der Waals surface area (Å²) in [6, 6.07) is 5.60. The molecule has 1 aromatic carbocycles. The van der Waals surface area contributed by atoms with E-state index in [-0.39, 0.29) is 11.7 Å². The molecule has 1 heterocycles. The third-order valence-corrected chi connectivity index (χ3v) is 4.60. The molecule has 6 heteroatoms. The molecule has 0 fully saturated rings. The molecule has 1 aromatic heterocycles. The van der Waals surface area contributed by atoms with Crippen molar-refractivity contribution < 1.29 is 13.2 Å². The summed E-state index contributed by atoms with van der Waals surface area (Å²) in [5.74, 6) is -0.103. The summed E-state index contributed by atoms with van der Waals surface area (Å²) in [5.41, 5.74) is 3.59. The van der Waals surface area contributed by atoms with Crippen LogP contribution in [-0.4, -0.2) is 37.9 Å². The van der Waals surface area contributed by atoms with Crippen molar-refractivity contribution in [1.29, 1.82) is 0 Å². The van der Waals surface area contributed by atoms with Crippen molar-refractivity contribution in [1.82, 2.24) is 10.3 Å². The van der Waals surface area contributed by atoms with Gasteiger partial charge in [0.2, 0.25) is 0 Å². The second kappa shape index (κ2) is 5.89. The van der Waals surface area contributed by atoms with Gasteiger partial charge in [0, 0.05) is 23.9 Å². The van der Waals surface area contributed by atoms with E-state index in [9.17, 15) is 13.2 Å². The van der Waals surface area contributed by atoms with Crippen molar-refractivity contribution in [3.63, 3.8) is 0 Å². The van der Waals surface area contributed by atoms with E-state index in [1.54, 1.807) is 6.07 Å². The second-order valence-electron chi connectivity index (χ2n) is 5.34. The molecule has 21 heavy (non-hydrogen) atoms. The second-order valence-corrected chi connectivity index (χ2v) is 7.60. The van der Waals surface area contributed by atoms with E-state index in [1.807, 2.05) is 26.0 Å². The van der Waals surface area contributed by atoms with Gasteiger partial charge < -0.3 is 10.3 Å². The molecule has 114 valence electrons. The van der Waals surface area contributed by atoms with Crippen molar-refractivity contribution in [2.45, 2.75) is 20.3 Å². The molecule has 0 aliphatic carbocycles. The van der Waals surface area contributed by atoms with Crippen LogP contribution in [0.2, 0.25) is 0 Å². The van der Waals surface area contributed by atoms with Crippen molar-refractivity contribution in [2.24, 2.45) is 0 Å². The van der Waals surface area contributed by atoms with Crippen LogP contribution in [0.1, 0.15) is 28.0 Å². The van der Waals surface area contributed by atoms with Crippen LogP contribution in [0.5, 0.6) is 0 Å². The Morgan fingerprint density at radius 1 is 1.29 bits per heavy atom. The number of H-pyrrole nitrogens is 1. The van der Waals surface area contributed by atoms with Gasteiger partial charge in [0.25, 0.3) is 5.91 Å². The summed E-state index contributed by atoms with van der Waals surface area (Å²) in [6.07, 6.45) is 1.61.